The van der Waals surface area contributed by atoms with Gasteiger partial charge in [0.1, 0.15) is 5.82 Å². The number of fused-ring (bicyclic) bond motifs is 2. The molecule has 5 rings (SSSR count). The first-order chi connectivity index (χ1) is 14.0. The van der Waals surface area contributed by atoms with E-state index >= 15 is 0 Å². The monoisotopic (exact) mass is 397 g/mol. The van der Waals surface area contributed by atoms with E-state index in [0.717, 1.165) is 41.3 Å². The molecule has 2 aromatic rings. The highest BCUT2D eigenvalue weighted by atomic mass is 16.5. The van der Waals surface area contributed by atoms with Gasteiger partial charge in [0.15, 0.2) is 5.69 Å². The molecular weight excluding hydrogens is 366 g/mol. The van der Waals surface area contributed by atoms with Gasteiger partial charge in [-0.2, -0.15) is 5.10 Å². The van der Waals surface area contributed by atoms with Crippen LogP contribution in [-0.4, -0.2) is 43.2 Å². The van der Waals surface area contributed by atoms with E-state index in [1.165, 1.54) is 32.1 Å². The van der Waals surface area contributed by atoms with Crippen LogP contribution in [0.15, 0.2) is 0 Å². The quantitative estimate of drug-likeness (QED) is 0.843. The van der Waals surface area contributed by atoms with Crippen LogP contribution in [0.25, 0.3) is 0 Å². The van der Waals surface area contributed by atoms with Crippen molar-refractivity contribution >= 4 is 5.91 Å². The Bertz CT molecular complexity index is 924. The lowest BCUT2D eigenvalue weighted by molar-refractivity contribution is -0.00907. The highest BCUT2D eigenvalue weighted by Gasteiger charge is 2.34. The van der Waals surface area contributed by atoms with Gasteiger partial charge in [-0.15, -0.1) is 0 Å². The van der Waals surface area contributed by atoms with E-state index in [1.54, 1.807) is 0 Å². The lowest BCUT2D eigenvalue weighted by atomic mass is 9.89. The largest absolute Gasteiger partial charge is 0.369 e. The van der Waals surface area contributed by atoms with E-state index in [0.29, 0.717) is 24.7 Å². The number of carbonyl (C=O) groups is 1. The van der Waals surface area contributed by atoms with E-state index < -0.39 is 0 Å². The zero-order chi connectivity index (χ0) is 20.1. The molecule has 1 N–H and O–H groups in total. The molecule has 3 aliphatic rings. The molecule has 1 aliphatic carbocycles. The summed E-state index contributed by atoms with van der Waals surface area (Å²) in [5, 5.41) is 4.61. The molecule has 0 bridgehead atoms. The number of ether oxygens (including phenoxy) is 1. The second kappa shape index (κ2) is 7.27. The highest BCUT2D eigenvalue weighted by molar-refractivity contribution is 5.94. The molecule has 29 heavy (non-hydrogen) atoms. The Kier molecular flexibility index (Phi) is 4.73. The van der Waals surface area contributed by atoms with Crippen molar-refractivity contribution in [1.82, 2.24) is 24.6 Å². The summed E-state index contributed by atoms with van der Waals surface area (Å²) in [7, 11) is 1.91. The fourth-order valence-corrected chi connectivity index (χ4v) is 5.42. The van der Waals surface area contributed by atoms with Crippen LogP contribution in [0.4, 0.5) is 0 Å². The number of hydrogen-bond donors (Lipinski definition) is 1. The molecule has 156 valence electrons. The minimum absolute atomic E-state index is 0.0302. The first-order valence-electron chi connectivity index (χ1n) is 11.1. The molecule has 1 amide bonds. The summed E-state index contributed by atoms with van der Waals surface area (Å²) >= 11 is 0. The molecule has 2 aromatic heterocycles. The van der Waals surface area contributed by atoms with Crippen molar-refractivity contribution in [3.8, 4) is 0 Å². The molecule has 1 fully saturated rings. The molecule has 7 nitrogen and oxygen atoms in total. The van der Waals surface area contributed by atoms with Crippen molar-refractivity contribution in [3.05, 3.63) is 34.2 Å². The van der Waals surface area contributed by atoms with Crippen molar-refractivity contribution in [2.24, 2.45) is 7.05 Å². The number of hydrogen-bond acceptors (Lipinski definition) is 4. The first kappa shape index (κ1) is 18.9. The van der Waals surface area contributed by atoms with Gasteiger partial charge < -0.3 is 14.6 Å². The van der Waals surface area contributed by atoms with Gasteiger partial charge in [-0.05, 0) is 26.7 Å². The third-order valence-corrected chi connectivity index (χ3v) is 6.84. The molecule has 0 saturated heterocycles. The Labute approximate surface area is 171 Å². The van der Waals surface area contributed by atoms with Gasteiger partial charge in [-0.25, -0.2) is 4.98 Å². The van der Waals surface area contributed by atoms with Gasteiger partial charge in [-0.3, -0.25) is 9.48 Å². The second-order valence-electron chi connectivity index (χ2n) is 8.99. The molecule has 0 aromatic carbocycles. The van der Waals surface area contributed by atoms with Crippen LogP contribution in [0.2, 0.25) is 0 Å². The summed E-state index contributed by atoms with van der Waals surface area (Å²) in [6, 6.07) is 0. The van der Waals surface area contributed by atoms with Crippen molar-refractivity contribution in [1.29, 1.82) is 0 Å². The number of aryl methyl sites for hydroxylation is 1. The summed E-state index contributed by atoms with van der Waals surface area (Å²) in [4.78, 5) is 23.8. The Morgan fingerprint density at radius 1 is 1.21 bits per heavy atom. The van der Waals surface area contributed by atoms with Gasteiger partial charge in [-0.1, -0.05) is 19.3 Å². The Hall–Kier alpha value is -2.15. The summed E-state index contributed by atoms with van der Waals surface area (Å²) in [5.41, 5.74) is 4.95. The zero-order valence-corrected chi connectivity index (χ0v) is 17.7. The maximum absolute atomic E-state index is 13.4. The summed E-state index contributed by atoms with van der Waals surface area (Å²) in [5.74, 6) is 1.73. The molecule has 4 heterocycles. The van der Waals surface area contributed by atoms with Gasteiger partial charge in [0, 0.05) is 37.9 Å². The maximum Gasteiger partial charge on any atom is 0.275 e. The van der Waals surface area contributed by atoms with Gasteiger partial charge in [0.25, 0.3) is 5.91 Å². The molecule has 0 spiro atoms. The minimum atomic E-state index is -0.0357. The Balaban J connectivity index is 1.38. The number of aromatic amines is 1. The van der Waals surface area contributed by atoms with Crippen molar-refractivity contribution < 1.29 is 9.53 Å². The maximum atomic E-state index is 13.4. The van der Waals surface area contributed by atoms with Gasteiger partial charge in [0.2, 0.25) is 0 Å². The molecule has 1 saturated carbocycles. The third-order valence-electron chi connectivity index (χ3n) is 6.84. The number of H-pyrrole nitrogens is 1. The van der Waals surface area contributed by atoms with Crippen LogP contribution >= 0.6 is 0 Å². The number of amides is 1. The van der Waals surface area contributed by atoms with E-state index in [4.69, 9.17) is 9.72 Å². The van der Waals surface area contributed by atoms with Crippen molar-refractivity contribution in [2.75, 3.05) is 6.54 Å². The Morgan fingerprint density at radius 2 is 2.00 bits per heavy atom. The molecule has 2 atom stereocenters. The lowest BCUT2D eigenvalue weighted by Crippen LogP contribution is -2.37. The average Bonchev–Trinajstić information content (AvgIpc) is 3.28. The van der Waals surface area contributed by atoms with Crippen LogP contribution in [-0.2, 0) is 31.2 Å². The predicted molar refractivity (Wildman–Crippen MR) is 109 cm³/mol. The lowest BCUT2D eigenvalue weighted by Gasteiger charge is -2.28. The molecule has 2 aliphatic heterocycles. The average molecular weight is 398 g/mol. The first-order valence-corrected chi connectivity index (χ1v) is 11.1. The van der Waals surface area contributed by atoms with Crippen LogP contribution in [0.5, 0.6) is 0 Å². The van der Waals surface area contributed by atoms with Crippen LogP contribution < -0.4 is 0 Å². The normalized spacial score (nSPS) is 25.0. The number of rotatable bonds is 2. The fraction of sp³-hybridized carbons (Fsp3) is 0.682. The summed E-state index contributed by atoms with van der Waals surface area (Å²) < 4.78 is 7.77. The highest BCUT2D eigenvalue weighted by Crippen LogP contribution is 2.34. The van der Waals surface area contributed by atoms with E-state index in [-0.39, 0.29) is 18.1 Å². The second-order valence-corrected chi connectivity index (χ2v) is 8.99. The number of carbonyl (C=O) groups excluding carboxylic acids is 1. The number of nitrogens with one attached hydrogen (secondary N) is 1. The third kappa shape index (κ3) is 3.29. The van der Waals surface area contributed by atoms with Crippen molar-refractivity contribution in [2.45, 2.75) is 83.5 Å². The van der Waals surface area contributed by atoms with Crippen LogP contribution in [0.1, 0.15) is 96.9 Å². The fourth-order valence-electron chi connectivity index (χ4n) is 5.42. The Morgan fingerprint density at radius 3 is 2.79 bits per heavy atom. The molecule has 7 heteroatoms. The predicted octanol–water partition coefficient (Wildman–Crippen LogP) is 3.41. The molecular formula is C22H31N5O2. The van der Waals surface area contributed by atoms with E-state index in [1.807, 2.05) is 23.6 Å². The van der Waals surface area contributed by atoms with Crippen LogP contribution in [0, 0.1) is 0 Å². The van der Waals surface area contributed by atoms with E-state index in [9.17, 15) is 4.79 Å². The number of nitrogens with zero attached hydrogens (tertiary/aromatic N) is 4. The SMILES string of the molecule is C[C@@H]1Cc2c(C(=O)N3CCc4nc(C5CCCCC5)[nH]c4C3)nn(C)c2[C@H](C)O1. The number of imidazole rings is 1. The van der Waals surface area contributed by atoms with Crippen molar-refractivity contribution in [3.63, 3.8) is 0 Å². The minimum Gasteiger partial charge on any atom is -0.369 e. The standard InChI is InChI=1S/C22H31N5O2/c1-13-11-16-19(25-26(3)20(16)14(2)29-13)22(28)27-10-9-17-18(12-27)24-21(23-17)15-7-5-4-6-8-15/h13-15H,4-12H2,1-3H3,(H,23,24)/t13-,14+/m1/s1. The topological polar surface area (TPSA) is 76.0 Å². The van der Waals surface area contributed by atoms with Gasteiger partial charge >= 0.3 is 0 Å². The molecule has 0 radical (unpaired) electrons. The van der Waals surface area contributed by atoms with Gasteiger partial charge in [0.05, 0.1) is 35.8 Å². The van der Waals surface area contributed by atoms with E-state index in [2.05, 4.69) is 17.0 Å². The smallest absolute Gasteiger partial charge is 0.275 e. The molecule has 0 unspecified atom stereocenters. The number of aromatic nitrogens is 4. The summed E-state index contributed by atoms with van der Waals surface area (Å²) in [6.45, 7) is 5.40. The summed E-state index contributed by atoms with van der Waals surface area (Å²) in [6.07, 6.45) is 8.02. The van der Waals surface area contributed by atoms with Crippen LogP contribution in [0.3, 0.4) is 0 Å². The zero-order valence-electron chi connectivity index (χ0n) is 17.7.